The number of carbonyl (C=O) groups is 1. The maximum atomic E-state index is 13.2. The fourth-order valence-corrected chi connectivity index (χ4v) is 4.00. The van der Waals surface area contributed by atoms with Gasteiger partial charge in [-0.05, 0) is 43.1 Å². The molecule has 0 spiro atoms. The fourth-order valence-electron chi connectivity index (χ4n) is 3.81. The number of halogens is 2. The summed E-state index contributed by atoms with van der Waals surface area (Å²) >= 11 is 5.89. The second kappa shape index (κ2) is 5.32. The molecule has 1 aromatic rings. The summed E-state index contributed by atoms with van der Waals surface area (Å²) < 4.78 is 13.2. The molecule has 1 heterocycles. The summed E-state index contributed by atoms with van der Waals surface area (Å²) in [5.74, 6) is 1.42. The SMILES string of the molecule is CN(CC1CC2CCC1C2)C(=O)c1cc(F)cnc1Cl. The summed E-state index contributed by atoms with van der Waals surface area (Å²) in [6.07, 6.45) is 6.19. The quantitative estimate of drug-likeness (QED) is 0.801. The van der Waals surface area contributed by atoms with Crippen LogP contribution >= 0.6 is 11.6 Å². The summed E-state index contributed by atoms with van der Waals surface area (Å²) in [4.78, 5) is 17.7. The molecule has 20 heavy (non-hydrogen) atoms. The molecular weight excluding hydrogens is 279 g/mol. The van der Waals surface area contributed by atoms with Gasteiger partial charge in [0.1, 0.15) is 11.0 Å². The molecule has 0 radical (unpaired) electrons. The molecule has 0 saturated heterocycles. The minimum Gasteiger partial charge on any atom is -0.341 e. The number of aromatic nitrogens is 1. The third-order valence-corrected chi connectivity index (χ3v) is 5.08. The van der Waals surface area contributed by atoms with Crippen LogP contribution in [0.15, 0.2) is 12.3 Å². The molecule has 3 unspecified atom stereocenters. The Labute approximate surface area is 123 Å². The summed E-state index contributed by atoms with van der Waals surface area (Å²) in [7, 11) is 1.76. The first-order valence-corrected chi connectivity index (χ1v) is 7.49. The van der Waals surface area contributed by atoms with Crippen molar-refractivity contribution in [3.8, 4) is 0 Å². The molecule has 3 atom stereocenters. The van der Waals surface area contributed by atoms with Crippen LogP contribution in [-0.4, -0.2) is 29.4 Å². The lowest BCUT2D eigenvalue weighted by molar-refractivity contribution is 0.0753. The molecule has 2 bridgehead atoms. The van der Waals surface area contributed by atoms with E-state index in [1.165, 1.54) is 25.7 Å². The normalized spacial score (nSPS) is 27.9. The van der Waals surface area contributed by atoms with Crippen molar-refractivity contribution >= 4 is 17.5 Å². The number of fused-ring (bicyclic) bond motifs is 2. The zero-order chi connectivity index (χ0) is 14.3. The highest BCUT2D eigenvalue weighted by Crippen LogP contribution is 2.48. The number of carbonyl (C=O) groups excluding carboxylic acids is 1. The van der Waals surface area contributed by atoms with Crippen LogP contribution in [0.5, 0.6) is 0 Å². The predicted octanol–water partition coefficient (Wildman–Crippen LogP) is 3.38. The van der Waals surface area contributed by atoms with Crippen LogP contribution in [0.3, 0.4) is 0 Å². The molecule has 0 aliphatic heterocycles. The Bertz CT molecular complexity index is 537. The van der Waals surface area contributed by atoms with Gasteiger partial charge in [-0.1, -0.05) is 18.0 Å². The van der Waals surface area contributed by atoms with Crippen LogP contribution in [0.2, 0.25) is 5.15 Å². The van der Waals surface area contributed by atoms with Crippen LogP contribution < -0.4 is 0 Å². The Kier molecular flexibility index (Phi) is 3.67. The van der Waals surface area contributed by atoms with Crippen LogP contribution in [0, 0.1) is 23.6 Å². The van der Waals surface area contributed by atoms with Crippen molar-refractivity contribution in [3.05, 3.63) is 28.8 Å². The predicted molar refractivity (Wildman–Crippen MR) is 75.1 cm³/mol. The molecule has 1 aromatic heterocycles. The van der Waals surface area contributed by atoms with Crippen LogP contribution in [0.25, 0.3) is 0 Å². The van der Waals surface area contributed by atoms with Crippen LogP contribution in [-0.2, 0) is 0 Å². The first-order valence-electron chi connectivity index (χ1n) is 7.11. The summed E-state index contributed by atoms with van der Waals surface area (Å²) in [5.41, 5.74) is 0.150. The van der Waals surface area contributed by atoms with Gasteiger partial charge in [0, 0.05) is 13.6 Å². The van der Waals surface area contributed by atoms with Gasteiger partial charge in [-0.25, -0.2) is 9.37 Å². The summed E-state index contributed by atoms with van der Waals surface area (Å²) in [6.45, 7) is 0.729. The highest BCUT2D eigenvalue weighted by Gasteiger charge is 2.40. The Balaban J connectivity index is 1.69. The van der Waals surface area contributed by atoms with Gasteiger partial charge in [0.2, 0.25) is 0 Å². The summed E-state index contributed by atoms with van der Waals surface area (Å²) in [5, 5.41) is 0.0659. The number of pyridine rings is 1. The molecule has 0 N–H and O–H groups in total. The number of nitrogens with zero attached hydrogens (tertiary/aromatic N) is 2. The van der Waals surface area contributed by atoms with Crippen molar-refractivity contribution in [2.75, 3.05) is 13.6 Å². The zero-order valence-corrected chi connectivity index (χ0v) is 12.2. The Morgan fingerprint density at radius 1 is 1.50 bits per heavy atom. The molecule has 2 aliphatic carbocycles. The number of rotatable bonds is 3. The number of hydrogen-bond acceptors (Lipinski definition) is 2. The van der Waals surface area contributed by atoms with E-state index in [1.807, 2.05) is 0 Å². The van der Waals surface area contributed by atoms with Crippen LogP contribution in [0.1, 0.15) is 36.0 Å². The first kappa shape index (κ1) is 13.8. The highest BCUT2D eigenvalue weighted by atomic mass is 35.5. The van der Waals surface area contributed by atoms with Crippen molar-refractivity contribution in [2.24, 2.45) is 17.8 Å². The molecular formula is C15H18ClFN2O. The zero-order valence-electron chi connectivity index (χ0n) is 11.5. The van der Waals surface area contributed by atoms with Gasteiger partial charge in [-0.3, -0.25) is 4.79 Å². The average molecular weight is 297 g/mol. The topological polar surface area (TPSA) is 33.2 Å². The standard InChI is InChI=1S/C15H18ClFN2O/c1-19(8-11-5-9-2-3-10(11)4-9)15(20)13-6-12(17)7-18-14(13)16/h6-7,9-11H,2-5,8H2,1H3. The lowest BCUT2D eigenvalue weighted by atomic mass is 9.88. The number of hydrogen-bond donors (Lipinski definition) is 0. The largest absolute Gasteiger partial charge is 0.341 e. The van der Waals surface area contributed by atoms with E-state index in [9.17, 15) is 9.18 Å². The van der Waals surface area contributed by atoms with E-state index in [4.69, 9.17) is 11.6 Å². The van der Waals surface area contributed by atoms with Gasteiger partial charge in [0.15, 0.2) is 0 Å². The third-order valence-electron chi connectivity index (χ3n) is 4.78. The summed E-state index contributed by atoms with van der Waals surface area (Å²) in [6, 6.07) is 1.16. The maximum Gasteiger partial charge on any atom is 0.256 e. The minimum absolute atomic E-state index is 0.0659. The van der Waals surface area contributed by atoms with Gasteiger partial charge in [-0.15, -0.1) is 0 Å². The van der Waals surface area contributed by atoms with Crippen molar-refractivity contribution in [1.82, 2.24) is 9.88 Å². The van der Waals surface area contributed by atoms with Crippen molar-refractivity contribution in [2.45, 2.75) is 25.7 Å². The second-order valence-electron chi connectivity index (χ2n) is 6.11. The molecule has 3 nitrogen and oxygen atoms in total. The number of amides is 1. The Morgan fingerprint density at radius 3 is 2.95 bits per heavy atom. The van der Waals surface area contributed by atoms with Gasteiger partial charge < -0.3 is 4.90 Å². The van der Waals surface area contributed by atoms with E-state index >= 15 is 0 Å². The van der Waals surface area contributed by atoms with Crippen LogP contribution in [0.4, 0.5) is 4.39 Å². The maximum absolute atomic E-state index is 13.2. The van der Waals surface area contributed by atoms with Gasteiger partial charge in [0.05, 0.1) is 11.8 Å². The Morgan fingerprint density at radius 2 is 2.30 bits per heavy atom. The first-order chi connectivity index (χ1) is 9.54. The van der Waals surface area contributed by atoms with Gasteiger partial charge >= 0.3 is 0 Å². The van der Waals surface area contributed by atoms with Crippen molar-refractivity contribution < 1.29 is 9.18 Å². The van der Waals surface area contributed by atoms with E-state index in [0.29, 0.717) is 5.92 Å². The van der Waals surface area contributed by atoms with Gasteiger partial charge in [-0.2, -0.15) is 0 Å². The molecule has 3 rings (SSSR count). The van der Waals surface area contributed by atoms with E-state index in [2.05, 4.69) is 4.98 Å². The lowest BCUT2D eigenvalue weighted by Gasteiger charge is -2.27. The molecule has 0 aromatic carbocycles. The second-order valence-corrected chi connectivity index (χ2v) is 6.47. The minimum atomic E-state index is -0.536. The van der Waals surface area contributed by atoms with E-state index < -0.39 is 5.82 Å². The molecule has 1 amide bonds. The molecule has 2 fully saturated rings. The molecule has 5 heteroatoms. The third kappa shape index (κ3) is 2.53. The van der Waals surface area contributed by atoms with Crippen molar-refractivity contribution in [1.29, 1.82) is 0 Å². The average Bonchev–Trinajstić information content (AvgIpc) is 3.03. The highest BCUT2D eigenvalue weighted by molar-refractivity contribution is 6.32. The monoisotopic (exact) mass is 296 g/mol. The molecule has 108 valence electrons. The fraction of sp³-hybridized carbons (Fsp3) is 0.600. The van der Waals surface area contributed by atoms with E-state index in [-0.39, 0.29) is 16.6 Å². The van der Waals surface area contributed by atoms with E-state index in [1.54, 1.807) is 11.9 Å². The van der Waals surface area contributed by atoms with Crippen molar-refractivity contribution in [3.63, 3.8) is 0 Å². The lowest BCUT2D eigenvalue weighted by Crippen LogP contribution is -2.34. The van der Waals surface area contributed by atoms with E-state index in [0.717, 1.165) is 30.6 Å². The Hall–Kier alpha value is -1.16. The molecule has 2 saturated carbocycles. The smallest absolute Gasteiger partial charge is 0.256 e. The van der Waals surface area contributed by atoms with Gasteiger partial charge in [0.25, 0.3) is 5.91 Å². The molecule has 2 aliphatic rings.